The Morgan fingerprint density at radius 3 is 2.68 bits per heavy atom. The Balaban J connectivity index is 1.68. The van der Waals surface area contributed by atoms with Gasteiger partial charge in [-0.05, 0) is 35.7 Å². The number of hydrogen-bond donors (Lipinski definition) is 1. The number of rotatable bonds is 6. The molecule has 1 fully saturated rings. The minimum Gasteiger partial charge on any atom is -0.483 e. The van der Waals surface area contributed by atoms with Gasteiger partial charge >= 0.3 is 5.97 Å². The summed E-state index contributed by atoms with van der Waals surface area (Å²) in [5.74, 6) is -0.419. The van der Waals surface area contributed by atoms with Crippen LogP contribution in [0.1, 0.15) is 23.2 Å². The van der Waals surface area contributed by atoms with Gasteiger partial charge in [-0.3, -0.25) is 4.79 Å². The Bertz CT molecular complexity index is 767. The third-order valence-electron chi connectivity index (χ3n) is 4.16. The maximum atomic E-state index is 12.0. The lowest BCUT2D eigenvalue weighted by Crippen LogP contribution is -2.35. The van der Waals surface area contributed by atoms with Crippen LogP contribution < -0.4 is 10.1 Å². The van der Waals surface area contributed by atoms with E-state index in [1.807, 2.05) is 24.3 Å². The Morgan fingerprint density at radius 2 is 2.00 bits per heavy atom. The van der Waals surface area contributed by atoms with Crippen molar-refractivity contribution in [2.75, 3.05) is 26.9 Å². The highest BCUT2D eigenvalue weighted by Gasteiger charge is 2.18. The second-order valence-corrected chi connectivity index (χ2v) is 5.91. The van der Waals surface area contributed by atoms with Gasteiger partial charge in [0.25, 0.3) is 5.91 Å². The van der Waals surface area contributed by atoms with Gasteiger partial charge in [-0.25, -0.2) is 4.79 Å². The molecule has 6 nitrogen and oxygen atoms in total. The summed E-state index contributed by atoms with van der Waals surface area (Å²) in [5.41, 5.74) is 0.299. The SMILES string of the molecule is COC(=O)c1cc2ccccc2cc1OCC(=O)NCC1CCCO1. The van der Waals surface area contributed by atoms with Crippen molar-refractivity contribution in [2.45, 2.75) is 18.9 Å². The van der Waals surface area contributed by atoms with Gasteiger partial charge in [0.2, 0.25) is 0 Å². The minimum absolute atomic E-state index is 0.0789. The molecule has 1 amide bonds. The lowest BCUT2D eigenvalue weighted by Gasteiger charge is -2.13. The lowest BCUT2D eigenvalue weighted by molar-refractivity contribution is -0.123. The topological polar surface area (TPSA) is 73.9 Å². The van der Waals surface area contributed by atoms with Crippen molar-refractivity contribution in [3.05, 3.63) is 42.0 Å². The van der Waals surface area contributed by atoms with Crippen molar-refractivity contribution in [1.29, 1.82) is 0 Å². The fourth-order valence-electron chi connectivity index (χ4n) is 2.84. The molecule has 25 heavy (non-hydrogen) atoms. The predicted octanol–water partition coefficient (Wildman–Crippen LogP) is 2.30. The van der Waals surface area contributed by atoms with E-state index in [1.54, 1.807) is 12.1 Å². The van der Waals surface area contributed by atoms with Crippen molar-refractivity contribution < 1.29 is 23.8 Å². The summed E-state index contributed by atoms with van der Waals surface area (Å²) in [4.78, 5) is 24.0. The van der Waals surface area contributed by atoms with Crippen molar-refractivity contribution >= 4 is 22.6 Å². The molecule has 3 rings (SSSR count). The summed E-state index contributed by atoms with van der Waals surface area (Å²) in [7, 11) is 1.32. The minimum atomic E-state index is -0.500. The molecule has 0 spiro atoms. The molecule has 0 aliphatic carbocycles. The third-order valence-corrected chi connectivity index (χ3v) is 4.16. The van der Waals surface area contributed by atoms with Crippen molar-refractivity contribution in [3.63, 3.8) is 0 Å². The van der Waals surface area contributed by atoms with E-state index in [0.717, 1.165) is 30.2 Å². The number of carbonyl (C=O) groups excluding carboxylic acids is 2. The van der Waals surface area contributed by atoms with Gasteiger partial charge in [0.1, 0.15) is 11.3 Å². The van der Waals surface area contributed by atoms with Gasteiger partial charge in [-0.2, -0.15) is 0 Å². The smallest absolute Gasteiger partial charge is 0.341 e. The first-order chi connectivity index (χ1) is 12.2. The van der Waals surface area contributed by atoms with Gasteiger partial charge in [0.05, 0.1) is 13.2 Å². The fraction of sp³-hybridized carbons (Fsp3) is 0.368. The van der Waals surface area contributed by atoms with Crippen LogP contribution in [-0.4, -0.2) is 44.8 Å². The van der Waals surface area contributed by atoms with Gasteiger partial charge in [-0.15, -0.1) is 0 Å². The number of fused-ring (bicyclic) bond motifs is 1. The van der Waals surface area contributed by atoms with Gasteiger partial charge in [-0.1, -0.05) is 24.3 Å². The maximum Gasteiger partial charge on any atom is 0.341 e. The zero-order valence-corrected chi connectivity index (χ0v) is 14.1. The molecule has 0 saturated carbocycles. The van der Waals surface area contributed by atoms with Gasteiger partial charge in [0, 0.05) is 13.2 Å². The quantitative estimate of drug-likeness (QED) is 0.815. The number of carbonyl (C=O) groups is 2. The van der Waals surface area contributed by atoms with E-state index < -0.39 is 5.97 Å². The van der Waals surface area contributed by atoms with Gasteiger partial charge in [0.15, 0.2) is 6.61 Å². The maximum absolute atomic E-state index is 12.0. The molecule has 0 bridgehead atoms. The second-order valence-electron chi connectivity index (χ2n) is 5.91. The van der Waals surface area contributed by atoms with E-state index in [2.05, 4.69) is 5.32 Å². The molecule has 132 valence electrons. The molecule has 1 aliphatic heterocycles. The summed E-state index contributed by atoms with van der Waals surface area (Å²) in [6.45, 7) is 1.05. The molecule has 1 aliphatic rings. The summed E-state index contributed by atoms with van der Waals surface area (Å²) in [6, 6.07) is 11.1. The molecular weight excluding hydrogens is 322 g/mol. The van der Waals surface area contributed by atoms with Crippen LogP contribution in [0.25, 0.3) is 10.8 Å². The average molecular weight is 343 g/mol. The Hall–Kier alpha value is -2.60. The number of nitrogens with one attached hydrogen (secondary N) is 1. The summed E-state index contributed by atoms with van der Waals surface area (Å²) in [5, 5.41) is 4.61. The fourth-order valence-corrected chi connectivity index (χ4v) is 2.84. The molecule has 0 radical (unpaired) electrons. The zero-order chi connectivity index (χ0) is 17.6. The van der Waals surface area contributed by atoms with E-state index in [4.69, 9.17) is 14.2 Å². The van der Waals surface area contributed by atoms with E-state index >= 15 is 0 Å². The van der Waals surface area contributed by atoms with Crippen molar-refractivity contribution in [1.82, 2.24) is 5.32 Å². The average Bonchev–Trinajstić information content (AvgIpc) is 3.16. The summed E-state index contributed by atoms with van der Waals surface area (Å²) in [6.07, 6.45) is 2.06. The normalized spacial score (nSPS) is 16.6. The van der Waals surface area contributed by atoms with Gasteiger partial charge < -0.3 is 19.5 Å². The zero-order valence-electron chi connectivity index (χ0n) is 14.1. The molecule has 1 heterocycles. The second kappa shape index (κ2) is 7.98. The number of hydrogen-bond acceptors (Lipinski definition) is 5. The van der Waals surface area contributed by atoms with Crippen LogP contribution in [0, 0.1) is 0 Å². The Kier molecular flexibility index (Phi) is 5.50. The van der Waals surface area contributed by atoms with E-state index in [1.165, 1.54) is 7.11 Å². The Labute approximate surface area is 146 Å². The van der Waals surface area contributed by atoms with E-state index in [9.17, 15) is 9.59 Å². The predicted molar refractivity (Wildman–Crippen MR) is 92.8 cm³/mol. The van der Waals surface area contributed by atoms with Crippen LogP contribution in [0.5, 0.6) is 5.75 Å². The van der Waals surface area contributed by atoms with Crippen LogP contribution in [0.2, 0.25) is 0 Å². The first-order valence-electron chi connectivity index (χ1n) is 8.29. The molecule has 1 unspecified atom stereocenters. The van der Waals surface area contributed by atoms with Crippen LogP contribution in [0.4, 0.5) is 0 Å². The number of methoxy groups -OCH3 is 1. The third kappa shape index (κ3) is 4.28. The summed E-state index contributed by atoms with van der Waals surface area (Å²) >= 11 is 0. The molecular formula is C19H21NO5. The molecule has 1 saturated heterocycles. The lowest BCUT2D eigenvalue weighted by atomic mass is 10.1. The van der Waals surface area contributed by atoms with Crippen molar-refractivity contribution in [2.24, 2.45) is 0 Å². The highest BCUT2D eigenvalue weighted by molar-refractivity contribution is 5.98. The van der Waals surface area contributed by atoms with Crippen molar-refractivity contribution in [3.8, 4) is 5.75 Å². The standard InChI is InChI=1S/C19H21NO5/c1-23-19(22)16-9-13-5-2-3-6-14(13)10-17(16)25-12-18(21)20-11-15-7-4-8-24-15/h2-3,5-6,9-10,15H,4,7-8,11-12H2,1H3,(H,20,21). The molecule has 2 aromatic carbocycles. The summed E-state index contributed by atoms with van der Waals surface area (Å²) < 4.78 is 15.9. The highest BCUT2D eigenvalue weighted by atomic mass is 16.5. The van der Waals surface area contributed by atoms with E-state index in [0.29, 0.717) is 17.9 Å². The Morgan fingerprint density at radius 1 is 1.24 bits per heavy atom. The molecule has 2 aromatic rings. The van der Waals surface area contributed by atoms with Crippen LogP contribution >= 0.6 is 0 Å². The number of amides is 1. The number of esters is 1. The number of ether oxygens (including phenoxy) is 3. The monoisotopic (exact) mass is 343 g/mol. The van der Waals surface area contributed by atoms with E-state index in [-0.39, 0.29) is 18.6 Å². The molecule has 0 aromatic heterocycles. The first-order valence-corrected chi connectivity index (χ1v) is 8.29. The first kappa shape index (κ1) is 17.2. The molecule has 1 N–H and O–H groups in total. The van der Waals surface area contributed by atoms with Crippen LogP contribution in [-0.2, 0) is 14.3 Å². The molecule has 1 atom stereocenters. The highest BCUT2D eigenvalue weighted by Crippen LogP contribution is 2.26. The van der Waals surface area contributed by atoms with Crippen LogP contribution in [0.3, 0.4) is 0 Å². The molecule has 6 heteroatoms. The van der Waals surface area contributed by atoms with Crippen LogP contribution in [0.15, 0.2) is 36.4 Å². The largest absolute Gasteiger partial charge is 0.483 e. The number of benzene rings is 2.